The van der Waals surface area contributed by atoms with Crippen LogP contribution >= 0.6 is 0 Å². The van der Waals surface area contributed by atoms with Gasteiger partial charge in [0, 0.05) is 30.1 Å². The Balaban J connectivity index is 1.31. The van der Waals surface area contributed by atoms with Crippen LogP contribution in [0.2, 0.25) is 0 Å². The number of hydrogen-bond acceptors (Lipinski definition) is 4. The Labute approximate surface area is 251 Å². The third kappa shape index (κ3) is 6.94. The molecule has 4 amide bonds. The number of rotatable bonds is 11. The van der Waals surface area contributed by atoms with Crippen molar-refractivity contribution in [1.82, 2.24) is 25.8 Å². The van der Waals surface area contributed by atoms with Crippen LogP contribution in [0.5, 0.6) is 0 Å². The molecule has 3 aromatic carbocycles. The lowest BCUT2D eigenvalue weighted by Crippen LogP contribution is -2.57. The number of piperazine rings is 1. The number of nitrogens with zero attached hydrogens (tertiary/aromatic N) is 1. The first-order valence-corrected chi connectivity index (χ1v) is 14.7. The Bertz CT molecular complexity index is 1630. The summed E-state index contributed by atoms with van der Waals surface area (Å²) in [6.07, 6.45) is 3.94. The minimum Gasteiger partial charge on any atom is -0.361 e. The molecule has 1 aliphatic heterocycles. The van der Waals surface area contributed by atoms with E-state index < -0.39 is 18.0 Å². The maximum absolute atomic E-state index is 13.6. The predicted octanol–water partition coefficient (Wildman–Crippen LogP) is 3.34. The van der Waals surface area contributed by atoms with E-state index in [4.69, 9.17) is 0 Å². The Morgan fingerprint density at radius 3 is 2.44 bits per heavy atom. The van der Waals surface area contributed by atoms with Gasteiger partial charge in [-0.25, -0.2) is 0 Å². The number of benzene rings is 3. The summed E-state index contributed by atoms with van der Waals surface area (Å²) in [5.41, 5.74) is 5.98. The summed E-state index contributed by atoms with van der Waals surface area (Å²) < 4.78 is 0. The van der Waals surface area contributed by atoms with Gasteiger partial charge in [0.15, 0.2) is 0 Å². The summed E-state index contributed by atoms with van der Waals surface area (Å²) in [6.45, 7) is 3.98. The average Bonchev–Trinajstić information content (AvgIpc) is 3.44. The number of aromatic nitrogens is 1. The van der Waals surface area contributed by atoms with E-state index in [0.29, 0.717) is 12.1 Å². The van der Waals surface area contributed by atoms with Gasteiger partial charge in [0.1, 0.15) is 25.2 Å². The third-order valence-electron chi connectivity index (χ3n) is 7.92. The highest BCUT2D eigenvalue weighted by Crippen LogP contribution is 2.21. The number of hydrogen-bond donors (Lipinski definition) is 4. The number of H-pyrrole nitrogens is 1. The van der Waals surface area contributed by atoms with Crippen molar-refractivity contribution in [3.05, 3.63) is 107 Å². The molecule has 1 saturated heterocycles. The van der Waals surface area contributed by atoms with Crippen LogP contribution in [0.1, 0.15) is 47.7 Å². The summed E-state index contributed by atoms with van der Waals surface area (Å²) in [5.74, 6) is -1.58. The van der Waals surface area contributed by atoms with Gasteiger partial charge in [-0.05, 0) is 46.7 Å². The Morgan fingerprint density at radius 2 is 1.67 bits per heavy atom. The smallest absolute Gasteiger partial charge is 0.250 e. The van der Waals surface area contributed by atoms with E-state index in [0.717, 1.165) is 34.9 Å². The number of aromatic amines is 1. The lowest BCUT2D eigenvalue weighted by Gasteiger charge is -2.32. The van der Waals surface area contributed by atoms with Crippen molar-refractivity contribution in [3.8, 4) is 0 Å². The molecular weight excluding hydrogens is 542 g/mol. The van der Waals surface area contributed by atoms with E-state index in [2.05, 4.69) is 46.9 Å². The zero-order valence-corrected chi connectivity index (χ0v) is 24.5. The molecule has 2 heterocycles. The van der Waals surface area contributed by atoms with E-state index in [1.165, 1.54) is 16.0 Å². The minimum absolute atomic E-state index is 0.234. The first kappa shape index (κ1) is 29.6. The molecule has 0 spiro atoms. The lowest BCUT2D eigenvalue weighted by molar-refractivity contribution is -0.146. The highest BCUT2D eigenvalue weighted by atomic mass is 16.2. The van der Waals surface area contributed by atoms with Gasteiger partial charge in [0.25, 0.3) is 5.91 Å². The van der Waals surface area contributed by atoms with Crippen molar-refractivity contribution >= 4 is 34.5 Å². The second-order valence-electron chi connectivity index (χ2n) is 10.8. The van der Waals surface area contributed by atoms with E-state index in [1.54, 1.807) is 24.3 Å². The van der Waals surface area contributed by atoms with E-state index in [1.807, 2.05) is 42.6 Å². The normalized spacial score (nSPS) is 15.7. The number of amides is 4. The van der Waals surface area contributed by atoms with Crippen LogP contribution in [0.15, 0.2) is 79.0 Å². The fraction of sp³-hybridized carbons (Fsp3) is 0.294. The average molecular weight is 580 g/mol. The van der Waals surface area contributed by atoms with Gasteiger partial charge in [-0.1, -0.05) is 80.6 Å². The molecule has 9 nitrogen and oxygen atoms in total. The summed E-state index contributed by atoms with van der Waals surface area (Å²) in [7, 11) is 0. The Hall–Kier alpha value is -4.92. The van der Waals surface area contributed by atoms with Gasteiger partial charge in [0.2, 0.25) is 17.7 Å². The van der Waals surface area contributed by atoms with E-state index in [9.17, 15) is 19.2 Å². The van der Waals surface area contributed by atoms with Crippen molar-refractivity contribution in [2.75, 3.05) is 13.1 Å². The molecule has 1 aromatic heterocycles. The molecule has 9 heteroatoms. The monoisotopic (exact) mass is 579 g/mol. The number of fused-ring (bicyclic) bond motifs is 1. The molecule has 0 saturated carbocycles. The topological polar surface area (TPSA) is 123 Å². The van der Waals surface area contributed by atoms with Gasteiger partial charge >= 0.3 is 0 Å². The van der Waals surface area contributed by atoms with Crippen molar-refractivity contribution in [3.63, 3.8) is 0 Å². The maximum Gasteiger partial charge on any atom is 0.250 e. The standard InChI is InChI=1S/C34H37N5O4/c1-3-23-15-14-22(16-24(23)4-2)18-36-33(42)29(17-26-19-35-28-13-9-8-12-27(26)28)37-30(40)20-39-21-31(41)38-32(34(39)43)25-10-6-5-7-11-25/h5-16,19,29,32,35H,3-4,17-18,20-21H2,1-2H3,(H,36,42)(H,37,40)(H,38,41). The zero-order chi connectivity index (χ0) is 30.3. The number of carbonyl (C=O) groups excluding carboxylic acids is 4. The molecule has 43 heavy (non-hydrogen) atoms. The Kier molecular flexibility index (Phi) is 9.20. The van der Waals surface area contributed by atoms with Crippen LogP contribution < -0.4 is 16.0 Å². The molecule has 5 rings (SSSR count). The van der Waals surface area contributed by atoms with Crippen molar-refractivity contribution < 1.29 is 19.2 Å². The van der Waals surface area contributed by atoms with Gasteiger partial charge in [0.05, 0.1) is 0 Å². The van der Waals surface area contributed by atoms with Crippen LogP contribution in [0, 0.1) is 0 Å². The molecule has 1 fully saturated rings. The Morgan fingerprint density at radius 1 is 0.930 bits per heavy atom. The fourth-order valence-electron chi connectivity index (χ4n) is 5.63. The molecule has 4 N–H and O–H groups in total. The molecule has 222 valence electrons. The molecule has 2 unspecified atom stereocenters. The van der Waals surface area contributed by atoms with Crippen LogP contribution in [-0.4, -0.2) is 52.6 Å². The van der Waals surface area contributed by atoms with Gasteiger partial charge < -0.3 is 25.8 Å². The number of nitrogens with one attached hydrogen (secondary N) is 4. The van der Waals surface area contributed by atoms with Crippen LogP contribution in [-0.2, 0) is 45.0 Å². The largest absolute Gasteiger partial charge is 0.361 e. The predicted molar refractivity (Wildman–Crippen MR) is 165 cm³/mol. The number of para-hydroxylation sites is 1. The highest BCUT2D eigenvalue weighted by Gasteiger charge is 2.35. The quantitative estimate of drug-likeness (QED) is 0.218. The van der Waals surface area contributed by atoms with Gasteiger partial charge in [-0.2, -0.15) is 0 Å². The summed E-state index contributed by atoms with van der Waals surface area (Å²) >= 11 is 0. The number of aryl methyl sites for hydroxylation is 2. The van der Waals surface area contributed by atoms with Gasteiger partial charge in [-0.15, -0.1) is 0 Å². The highest BCUT2D eigenvalue weighted by molar-refractivity contribution is 5.98. The van der Waals surface area contributed by atoms with E-state index in [-0.39, 0.29) is 37.2 Å². The number of carbonyl (C=O) groups is 4. The second kappa shape index (κ2) is 13.4. The molecular formula is C34H37N5O4. The molecule has 0 bridgehead atoms. The first-order chi connectivity index (χ1) is 20.9. The van der Waals surface area contributed by atoms with Crippen LogP contribution in [0.3, 0.4) is 0 Å². The van der Waals surface area contributed by atoms with Crippen LogP contribution in [0.4, 0.5) is 0 Å². The molecule has 2 atom stereocenters. The lowest BCUT2D eigenvalue weighted by atomic mass is 10.00. The second-order valence-corrected chi connectivity index (χ2v) is 10.8. The molecule has 4 aromatic rings. The molecule has 0 radical (unpaired) electrons. The minimum atomic E-state index is -0.897. The zero-order valence-electron chi connectivity index (χ0n) is 24.5. The fourth-order valence-corrected chi connectivity index (χ4v) is 5.63. The maximum atomic E-state index is 13.6. The SMILES string of the molecule is CCc1ccc(CNC(=O)C(Cc2c[nH]c3ccccc23)NC(=O)CN2CC(=O)NC(c3ccccc3)C2=O)cc1CC. The van der Waals surface area contributed by atoms with Crippen molar-refractivity contribution in [1.29, 1.82) is 0 Å². The molecule has 1 aliphatic rings. The van der Waals surface area contributed by atoms with Crippen molar-refractivity contribution in [2.24, 2.45) is 0 Å². The third-order valence-corrected chi connectivity index (χ3v) is 7.92. The summed E-state index contributed by atoms with van der Waals surface area (Å²) in [5, 5.41) is 9.51. The van der Waals surface area contributed by atoms with E-state index >= 15 is 0 Å². The summed E-state index contributed by atoms with van der Waals surface area (Å²) in [6, 6.07) is 21.1. The summed E-state index contributed by atoms with van der Waals surface area (Å²) in [4.78, 5) is 57.0. The van der Waals surface area contributed by atoms with Crippen LogP contribution in [0.25, 0.3) is 10.9 Å². The first-order valence-electron chi connectivity index (χ1n) is 14.7. The van der Waals surface area contributed by atoms with Gasteiger partial charge in [-0.3, -0.25) is 19.2 Å². The van der Waals surface area contributed by atoms with Crippen molar-refractivity contribution in [2.45, 2.75) is 51.7 Å². The molecule has 0 aliphatic carbocycles.